The molecule has 0 spiro atoms. The Balaban J connectivity index is 2.31. The number of halogens is 3. The Morgan fingerprint density at radius 2 is 2.11 bits per heavy atom. The van der Waals surface area contributed by atoms with E-state index in [0.29, 0.717) is 16.6 Å². The molecule has 2 aromatic rings. The maximum atomic E-state index is 12.5. The number of hydrogen-bond donors (Lipinski definition) is 2. The van der Waals surface area contributed by atoms with E-state index in [-0.39, 0.29) is 6.42 Å². The molecule has 0 saturated heterocycles. The number of hydrogen-bond acceptors (Lipinski definition) is 2. The molecule has 19 heavy (non-hydrogen) atoms. The largest absolute Gasteiger partial charge is 0.431 e. The molecule has 2 rings (SSSR count). The van der Waals surface area contributed by atoms with Crippen molar-refractivity contribution >= 4 is 22.5 Å². The van der Waals surface area contributed by atoms with Gasteiger partial charge in [-0.3, -0.25) is 4.79 Å². The van der Waals surface area contributed by atoms with Gasteiger partial charge in [0.2, 0.25) is 5.91 Å². The number of aromatic amines is 1. The number of nitrogens with zero attached hydrogens (tertiary/aromatic N) is 1. The van der Waals surface area contributed by atoms with Crippen molar-refractivity contribution in [1.29, 1.82) is 5.26 Å². The normalized spacial score (nSPS) is 11.3. The van der Waals surface area contributed by atoms with Crippen molar-refractivity contribution in [2.24, 2.45) is 0 Å². The number of anilines is 1. The summed E-state index contributed by atoms with van der Waals surface area (Å²) in [4.78, 5) is 13.4. The van der Waals surface area contributed by atoms with Crippen molar-refractivity contribution in [1.82, 2.24) is 4.98 Å². The van der Waals surface area contributed by atoms with Crippen LogP contribution < -0.4 is 5.32 Å². The lowest BCUT2D eigenvalue weighted by Crippen LogP contribution is -2.09. The van der Waals surface area contributed by atoms with Gasteiger partial charge < -0.3 is 10.3 Å². The number of alkyl halides is 3. The van der Waals surface area contributed by atoms with E-state index in [9.17, 15) is 18.0 Å². The molecule has 7 heteroatoms. The van der Waals surface area contributed by atoms with E-state index in [4.69, 9.17) is 5.26 Å². The second kappa shape index (κ2) is 4.65. The number of carbonyl (C=O) groups is 1. The highest BCUT2D eigenvalue weighted by atomic mass is 19.4. The van der Waals surface area contributed by atoms with Crippen LogP contribution in [0.3, 0.4) is 0 Å². The summed E-state index contributed by atoms with van der Waals surface area (Å²) in [6.45, 7) is 0. The molecule has 0 fully saturated rings. The Kier molecular flexibility index (Phi) is 3.17. The topological polar surface area (TPSA) is 68.7 Å². The standard InChI is InChI=1S/C12H8F3N3O/c13-12(14,15)10-6-7-5-8(1-2-9(7)18-10)17-11(19)3-4-16/h1-2,5-6,18H,3H2,(H,17,19). The Bertz CT molecular complexity index is 667. The molecule has 0 unspecified atom stereocenters. The van der Waals surface area contributed by atoms with E-state index in [0.717, 1.165) is 6.07 Å². The zero-order valence-corrected chi connectivity index (χ0v) is 9.51. The third-order valence-electron chi connectivity index (χ3n) is 2.45. The second-order valence-electron chi connectivity index (χ2n) is 3.87. The lowest BCUT2D eigenvalue weighted by Gasteiger charge is -2.02. The Morgan fingerprint density at radius 3 is 2.74 bits per heavy atom. The average Bonchev–Trinajstić information content (AvgIpc) is 2.71. The number of benzene rings is 1. The van der Waals surface area contributed by atoms with Crippen LogP contribution in [-0.4, -0.2) is 10.9 Å². The lowest BCUT2D eigenvalue weighted by atomic mass is 10.2. The van der Waals surface area contributed by atoms with Crippen molar-refractivity contribution in [3.05, 3.63) is 30.0 Å². The van der Waals surface area contributed by atoms with Gasteiger partial charge in [0.25, 0.3) is 0 Å². The molecule has 98 valence electrons. The monoisotopic (exact) mass is 267 g/mol. The molecule has 0 aliphatic carbocycles. The minimum absolute atomic E-state index is 0.307. The molecule has 1 aromatic carbocycles. The van der Waals surface area contributed by atoms with Gasteiger partial charge >= 0.3 is 6.18 Å². The summed E-state index contributed by atoms with van der Waals surface area (Å²) >= 11 is 0. The Labute approximate surface area is 105 Å². The summed E-state index contributed by atoms with van der Waals surface area (Å²) in [6, 6.07) is 6.97. The van der Waals surface area contributed by atoms with Crippen molar-refractivity contribution in [3.63, 3.8) is 0 Å². The Hall–Kier alpha value is -2.49. The summed E-state index contributed by atoms with van der Waals surface area (Å²) in [7, 11) is 0. The van der Waals surface area contributed by atoms with E-state index in [1.807, 2.05) is 0 Å². The van der Waals surface area contributed by atoms with Gasteiger partial charge in [-0.05, 0) is 24.3 Å². The summed E-state index contributed by atoms with van der Waals surface area (Å²) in [6.07, 6.45) is -4.75. The van der Waals surface area contributed by atoms with Gasteiger partial charge in [0.1, 0.15) is 12.1 Å². The maximum Gasteiger partial charge on any atom is 0.431 e. The van der Waals surface area contributed by atoms with Crippen LogP contribution in [-0.2, 0) is 11.0 Å². The fraction of sp³-hybridized carbons (Fsp3) is 0.167. The predicted molar refractivity (Wildman–Crippen MR) is 62.2 cm³/mol. The maximum absolute atomic E-state index is 12.5. The van der Waals surface area contributed by atoms with Crippen molar-refractivity contribution in [2.75, 3.05) is 5.32 Å². The summed E-state index contributed by atoms with van der Waals surface area (Å²) in [5, 5.41) is 11.1. The molecule has 1 amide bonds. The molecule has 0 atom stereocenters. The molecule has 1 heterocycles. The van der Waals surface area contributed by atoms with Crippen LogP contribution in [0.5, 0.6) is 0 Å². The number of nitriles is 1. The molecule has 4 nitrogen and oxygen atoms in total. The van der Waals surface area contributed by atoms with Gasteiger partial charge in [-0.2, -0.15) is 18.4 Å². The van der Waals surface area contributed by atoms with Gasteiger partial charge in [-0.15, -0.1) is 0 Å². The first kappa shape index (κ1) is 13.0. The minimum Gasteiger partial charge on any atom is -0.351 e. The third-order valence-corrected chi connectivity index (χ3v) is 2.45. The van der Waals surface area contributed by atoms with E-state index >= 15 is 0 Å². The number of carbonyl (C=O) groups excluding carboxylic acids is 1. The quantitative estimate of drug-likeness (QED) is 0.878. The number of aromatic nitrogens is 1. The molecule has 2 N–H and O–H groups in total. The molecule has 1 aromatic heterocycles. The highest BCUT2D eigenvalue weighted by Gasteiger charge is 2.32. The van der Waals surface area contributed by atoms with Crippen molar-refractivity contribution in [3.8, 4) is 6.07 Å². The molecule has 0 radical (unpaired) electrons. The average molecular weight is 267 g/mol. The molecule has 0 aliphatic rings. The van der Waals surface area contributed by atoms with Crippen molar-refractivity contribution < 1.29 is 18.0 Å². The number of amides is 1. The number of nitrogens with one attached hydrogen (secondary N) is 2. The highest BCUT2D eigenvalue weighted by molar-refractivity contribution is 5.94. The lowest BCUT2D eigenvalue weighted by molar-refractivity contribution is -0.140. The number of rotatable bonds is 2. The molecule has 0 saturated carbocycles. The van der Waals surface area contributed by atoms with E-state index in [2.05, 4.69) is 10.3 Å². The first-order chi connectivity index (χ1) is 8.90. The van der Waals surface area contributed by atoms with E-state index < -0.39 is 17.8 Å². The SMILES string of the molecule is N#CCC(=O)Nc1ccc2[nH]c(C(F)(F)F)cc2c1. The van der Waals surface area contributed by atoms with Gasteiger partial charge in [-0.1, -0.05) is 0 Å². The Morgan fingerprint density at radius 1 is 1.37 bits per heavy atom. The van der Waals surface area contributed by atoms with Crippen LogP contribution in [0.4, 0.5) is 18.9 Å². The van der Waals surface area contributed by atoms with E-state index in [1.165, 1.54) is 18.2 Å². The molecule has 0 bridgehead atoms. The van der Waals surface area contributed by atoms with Crippen LogP contribution in [0.1, 0.15) is 12.1 Å². The zero-order chi connectivity index (χ0) is 14.0. The van der Waals surface area contributed by atoms with Gasteiger partial charge in [0.05, 0.1) is 6.07 Å². The smallest absolute Gasteiger partial charge is 0.351 e. The van der Waals surface area contributed by atoms with Gasteiger partial charge in [0, 0.05) is 16.6 Å². The zero-order valence-electron chi connectivity index (χ0n) is 9.51. The summed E-state index contributed by atoms with van der Waals surface area (Å²) < 4.78 is 37.5. The number of H-pyrrole nitrogens is 1. The van der Waals surface area contributed by atoms with Crippen LogP contribution in [0.2, 0.25) is 0 Å². The highest BCUT2D eigenvalue weighted by Crippen LogP contribution is 2.31. The van der Waals surface area contributed by atoms with Crippen LogP contribution in [0.15, 0.2) is 24.3 Å². The van der Waals surface area contributed by atoms with Gasteiger partial charge in [0.15, 0.2) is 0 Å². The third kappa shape index (κ3) is 2.85. The predicted octanol–water partition coefficient (Wildman–Crippen LogP) is 3.04. The summed E-state index contributed by atoms with van der Waals surface area (Å²) in [5.74, 6) is -0.506. The second-order valence-corrected chi connectivity index (χ2v) is 3.87. The van der Waals surface area contributed by atoms with E-state index in [1.54, 1.807) is 6.07 Å². The molecular weight excluding hydrogens is 259 g/mol. The molecular formula is C12H8F3N3O. The summed E-state index contributed by atoms with van der Waals surface area (Å²) in [5.41, 5.74) is -0.172. The first-order valence-electron chi connectivity index (χ1n) is 5.27. The van der Waals surface area contributed by atoms with Crippen molar-refractivity contribution in [2.45, 2.75) is 12.6 Å². The fourth-order valence-electron chi connectivity index (χ4n) is 1.64. The molecule has 0 aliphatic heterocycles. The fourth-order valence-corrected chi connectivity index (χ4v) is 1.64. The van der Waals surface area contributed by atoms with Gasteiger partial charge in [-0.25, -0.2) is 0 Å². The van der Waals surface area contributed by atoms with Crippen LogP contribution in [0, 0.1) is 11.3 Å². The number of fused-ring (bicyclic) bond motifs is 1. The first-order valence-corrected chi connectivity index (χ1v) is 5.27. The minimum atomic E-state index is -4.44. The van der Waals surface area contributed by atoms with Crippen LogP contribution >= 0.6 is 0 Å². The van der Waals surface area contributed by atoms with Crippen LogP contribution in [0.25, 0.3) is 10.9 Å².